The second-order valence-electron chi connectivity index (χ2n) is 3.88. The molecule has 0 bridgehead atoms. The second kappa shape index (κ2) is 6.59. The number of amides is 1. The molecule has 3 nitrogen and oxygen atoms in total. The van der Waals surface area contributed by atoms with Gasteiger partial charge in [0, 0.05) is 5.69 Å². The summed E-state index contributed by atoms with van der Waals surface area (Å²) in [5, 5.41) is 2.78. The largest absolute Gasteiger partial charge is 0.456 e. The molecule has 0 spiro atoms. The molecule has 0 saturated carbocycles. The number of ether oxygens (including phenoxy) is 1. The highest BCUT2D eigenvalue weighted by Gasteiger charge is 2.05. The van der Waals surface area contributed by atoms with E-state index in [9.17, 15) is 9.18 Å². The first-order valence-corrected chi connectivity index (χ1v) is 6.58. The van der Waals surface area contributed by atoms with Gasteiger partial charge in [-0.3, -0.25) is 4.79 Å². The third-order valence-corrected chi connectivity index (χ3v) is 2.92. The third kappa shape index (κ3) is 3.85. The van der Waals surface area contributed by atoms with Gasteiger partial charge in [-0.15, -0.1) is 11.6 Å². The number of hydrogen-bond donors (Lipinski definition) is 1. The third-order valence-electron chi connectivity index (χ3n) is 2.38. The Morgan fingerprint density at radius 1 is 1.20 bits per heavy atom. The lowest BCUT2D eigenvalue weighted by atomic mass is 10.3. The van der Waals surface area contributed by atoms with Gasteiger partial charge in [0.25, 0.3) is 0 Å². The van der Waals surface area contributed by atoms with Crippen LogP contribution in [-0.2, 0) is 4.79 Å². The van der Waals surface area contributed by atoms with E-state index in [0.29, 0.717) is 17.2 Å². The van der Waals surface area contributed by atoms with E-state index in [1.54, 1.807) is 24.3 Å². The summed E-state index contributed by atoms with van der Waals surface area (Å²) in [4.78, 5) is 11.1. The van der Waals surface area contributed by atoms with Crippen molar-refractivity contribution < 1.29 is 13.9 Å². The minimum Gasteiger partial charge on any atom is -0.456 e. The highest BCUT2D eigenvalue weighted by Crippen LogP contribution is 2.30. The highest BCUT2D eigenvalue weighted by molar-refractivity contribution is 6.32. The fourth-order valence-electron chi connectivity index (χ4n) is 1.49. The molecule has 1 amide bonds. The second-order valence-corrected chi connectivity index (χ2v) is 4.56. The zero-order valence-corrected chi connectivity index (χ0v) is 11.7. The van der Waals surface area contributed by atoms with Crippen molar-refractivity contribution in [1.29, 1.82) is 0 Å². The van der Waals surface area contributed by atoms with Gasteiger partial charge in [0.05, 0.1) is 5.02 Å². The summed E-state index contributed by atoms with van der Waals surface area (Å²) in [6, 6.07) is 10.5. The highest BCUT2D eigenvalue weighted by atomic mass is 35.5. The van der Waals surface area contributed by atoms with Gasteiger partial charge in [-0.25, -0.2) is 4.39 Å². The van der Waals surface area contributed by atoms with E-state index in [4.69, 9.17) is 27.9 Å². The number of alkyl halides is 1. The van der Waals surface area contributed by atoms with Crippen molar-refractivity contribution >= 4 is 34.8 Å². The first-order valence-electron chi connectivity index (χ1n) is 5.67. The monoisotopic (exact) mass is 313 g/mol. The van der Waals surface area contributed by atoms with Crippen molar-refractivity contribution in [3.63, 3.8) is 0 Å². The van der Waals surface area contributed by atoms with Crippen LogP contribution >= 0.6 is 23.2 Å². The Hall–Kier alpha value is -1.78. The molecule has 0 aromatic heterocycles. The van der Waals surface area contributed by atoms with Crippen LogP contribution in [0.1, 0.15) is 0 Å². The van der Waals surface area contributed by atoms with Crippen molar-refractivity contribution in [2.75, 3.05) is 11.2 Å². The number of carbonyl (C=O) groups is 1. The molecular weight excluding hydrogens is 304 g/mol. The lowest BCUT2D eigenvalue weighted by Gasteiger charge is -2.08. The Bertz CT molecular complexity index is 617. The molecule has 20 heavy (non-hydrogen) atoms. The van der Waals surface area contributed by atoms with Gasteiger partial charge in [0.1, 0.15) is 23.2 Å². The molecular formula is C14H10Cl2FNO2. The van der Waals surface area contributed by atoms with Gasteiger partial charge in [-0.1, -0.05) is 11.6 Å². The average Bonchev–Trinajstić information content (AvgIpc) is 2.44. The molecule has 2 rings (SSSR count). The first-order chi connectivity index (χ1) is 9.58. The number of nitrogens with one attached hydrogen (secondary N) is 1. The molecule has 0 heterocycles. The summed E-state index contributed by atoms with van der Waals surface area (Å²) in [5.41, 5.74) is 0.605. The van der Waals surface area contributed by atoms with Crippen LogP contribution in [0.3, 0.4) is 0 Å². The molecule has 0 aliphatic heterocycles. The normalized spacial score (nSPS) is 10.2. The van der Waals surface area contributed by atoms with Crippen LogP contribution in [0.25, 0.3) is 0 Å². The van der Waals surface area contributed by atoms with Crippen LogP contribution in [0.2, 0.25) is 5.02 Å². The molecule has 0 aliphatic rings. The molecule has 6 heteroatoms. The van der Waals surface area contributed by atoms with Crippen LogP contribution in [0, 0.1) is 5.82 Å². The van der Waals surface area contributed by atoms with Crippen LogP contribution in [0.4, 0.5) is 10.1 Å². The van der Waals surface area contributed by atoms with Crippen molar-refractivity contribution in [2.24, 2.45) is 0 Å². The zero-order valence-electron chi connectivity index (χ0n) is 10.2. The number of carbonyl (C=O) groups excluding carboxylic acids is 1. The number of hydrogen-bond acceptors (Lipinski definition) is 2. The van der Waals surface area contributed by atoms with E-state index in [1.165, 1.54) is 18.2 Å². The lowest BCUT2D eigenvalue weighted by molar-refractivity contribution is -0.113. The van der Waals surface area contributed by atoms with Crippen LogP contribution in [-0.4, -0.2) is 11.8 Å². The van der Waals surface area contributed by atoms with Gasteiger partial charge < -0.3 is 10.1 Å². The van der Waals surface area contributed by atoms with Gasteiger partial charge in [0.15, 0.2) is 0 Å². The molecule has 0 fully saturated rings. The fourth-order valence-corrected chi connectivity index (χ4v) is 1.76. The SMILES string of the molecule is O=C(CCl)Nc1ccc(Oc2ccc(F)cc2Cl)cc1. The standard InChI is InChI=1S/C14H10Cl2FNO2/c15-8-14(19)18-10-2-4-11(5-3-10)20-13-6-1-9(17)7-12(13)16/h1-7H,8H2,(H,18,19). The fraction of sp³-hybridized carbons (Fsp3) is 0.0714. The Balaban J connectivity index is 2.08. The van der Waals surface area contributed by atoms with Crippen LogP contribution in [0.15, 0.2) is 42.5 Å². The van der Waals surface area contributed by atoms with E-state index in [-0.39, 0.29) is 16.8 Å². The first kappa shape index (κ1) is 14.6. The molecule has 0 unspecified atom stereocenters. The van der Waals surface area contributed by atoms with Crippen LogP contribution < -0.4 is 10.1 Å². The molecule has 1 N–H and O–H groups in total. The summed E-state index contributed by atoms with van der Waals surface area (Å²) in [5.74, 6) is 0.0417. The maximum absolute atomic E-state index is 12.9. The minimum absolute atomic E-state index is 0.108. The molecule has 104 valence electrons. The van der Waals surface area contributed by atoms with Crippen molar-refractivity contribution in [2.45, 2.75) is 0 Å². The Morgan fingerprint density at radius 2 is 1.90 bits per heavy atom. The van der Waals surface area contributed by atoms with Crippen molar-refractivity contribution in [3.05, 3.63) is 53.3 Å². The molecule has 0 radical (unpaired) electrons. The van der Waals surface area contributed by atoms with Gasteiger partial charge in [-0.05, 0) is 42.5 Å². The molecule has 0 aliphatic carbocycles. The van der Waals surface area contributed by atoms with E-state index < -0.39 is 5.82 Å². The Labute approximate surface area is 125 Å². The predicted molar refractivity (Wildman–Crippen MR) is 77.3 cm³/mol. The van der Waals surface area contributed by atoms with E-state index in [0.717, 1.165) is 0 Å². The minimum atomic E-state index is -0.429. The van der Waals surface area contributed by atoms with Gasteiger partial charge in [0.2, 0.25) is 5.91 Å². The maximum atomic E-state index is 12.9. The topological polar surface area (TPSA) is 38.3 Å². The zero-order chi connectivity index (χ0) is 14.5. The molecule has 0 atom stereocenters. The summed E-state index contributed by atoms with van der Waals surface area (Å²) >= 11 is 11.3. The number of anilines is 1. The predicted octanol–water partition coefficient (Wildman–Crippen LogP) is 4.45. The summed E-state index contributed by atoms with van der Waals surface area (Å²) in [7, 11) is 0. The molecule has 2 aromatic carbocycles. The van der Waals surface area contributed by atoms with Gasteiger partial charge >= 0.3 is 0 Å². The summed E-state index contributed by atoms with van der Waals surface area (Å²) < 4.78 is 18.4. The van der Waals surface area contributed by atoms with E-state index in [1.807, 2.05) is 0 Å². The van der Waals surface area contributed by atoms with Crippen molar-refractivity contribution in [3.8, 4) is 11.5 Å². The molecule has 2 aromatic rings. The Kier molecular flexibility index (Phi) is 4.82. The summed E-state index contributed by atoms with van der Waals surface area (Å²) in [6.45, 7) is 0. The van der Waals surface area contributed by atoms with Crippen LogP contribution in [0.5, 0.6) is 11.5 Å². The number of halogens is 3. The average molecular weight is 314 g/mol. The summed E-state index contributed by atoms with van der Waals surface area (Å²) in [6.07, 6.45) is 0. The Morgan fingerprint density at radius 3 is 2.50 bits per heavy atom. The molecule has 0 saturated heterocycles. The maximum Gasteiger partial charge on any atom is 0.239 e. The van der Waals surface area contributed by atoms with E-state index >= 15 is 0 Å². The number of rotatable bonds is 4. The number of benzene rings is 2. The van der Waals surface area contributed by atoms with Gasteiger partial charge in [-0.2, -0.15) is 0 Å². The smallest absolute Gasteiger partial charge is 0.239 e. The quantitative estimate of drug-likeness (QED) is 0.847. The van der Waals surface area contributed by atoms with Crippen molar-refractivity contribution in [1.82, 2.24) is 0 Å². The lowest BCUT2D eigenvalue weighted by Crippen LogP contribution is -2.12. The van der Waals surface area contributed by atoms with E-state index in [2.05, 4.69) is 5.32 Å².